The van der Waals surface area contributed by atoms with Crippen molar-refractivity contribution in [3.8, 4) is 0 Å². The molecule has 0 aromatic heterocycles. The summed E-state index contributed by atoms with van der Waals surface area (Å²) in [6.07, 6.45) is 0. The molecular formula is C8H20O5S2Si. The molecule has 8 heteroatoms. The van der Waals surface area contributed by atoms with Crippen LogP contribution in [-0.2, 0) is 22.1 Å². The molecule has 0 spiro atoms. The van der Waals surface area contributed by atoms with Crippen molar-refractivity contribution in [1.82, 2.24) is 0 Å². The first-order valence-electron chi connectivity index (χ1n) is 5.22. The molecule has 0 aliphatic heterocycles. The highest BCUT2D eigenvalue weighted by atomic mass is 33.1. The van der Waals surface area contributed by atoms with Crippen LogP contribution in [0, 0.1) is 0 Å². The Morgan fingerprint density at radius 3 is 1.56 bits per heavy atom. The summed E-state index contributed by atoms with van der Waals surface area (Å²) in [6, 6.07) is 0. The van der Waals surface area contributed by atoms with Crippen LogP contribution in [0.15, 0.2) is 0 Å². The summed E-state index contributed by atoms with van der Waals surface area (Å²) < 4.78 is 39.3. The molecule has 0 fully saturated rings. The number of thiol groups is 1. The molecule has 1 unspecified atom stereocenters. The van der Waals surface area contributed by atoms with Crippen LogP contribution in [0.25, 0.3) is 0 Å². The lowest BCUT2D eigenvalue weighted by molar-refractivity contribution is 0.0702. The molecular weight excluding hydrogens is 268 g/mol. The molecule has 0 radical (unpaired) electrons. The molecule has 0 amide bonds. The zero-order chi connectivity index (χ0) is 12.8. The van der Waals surface area contributed by atoms with E-state index in [0.29, 0.717) is 19.8 Å². The molecule has 0 N–H and O–H groups in total. The van der Waals surface area contributed by atoms with Gasteiger partial charge in [0, 0.05) is 19.8 Å². The van der Waals surface area contributed by atoms with Gasteiger partial charge in [-0.2, -0.15) is 0 Å². The van der Waals surface area contributed by atoms with Crippen LogP contribution < -0.4 is 0 Å². The van der Waals surface area contributed by atoms with Gasteiger partial charge in [0.25, 0.3) is 0 Å². The van der Waals surface area contributed by atoms with Gasteiger partial charge in [-0.1, -0.05) is 0 Å². The molecule has 16 heavy (non-hydrogen) atoms. The van der Waals surface area contributed by atoms with Crippen LogP contribution in [0.2, 0.25) is 0 Å². The van der Waals surface area contributed by atoms with Gasteiger partial charge in [0.05, 0.1) is 0 Å². The van der Waals surface area contributed by atoms with Gasteiger partial charge in [0.15, 0.2) is 0 Å². The fourth-order valence-corrected chi connectivity index (χ4v) is 6.66. The Kier molecular flexibility index (Phi) is 7.14. The van der Waals surface area contributed by atoms with Crippen molar-refractivity contribution in [1.29, 1.82) is 0 Å². The predicted octanol–water partition coefficient (Wildman–Crippen LogP) is 1.22. The third-order valence-electron chi connectivity index (χ3n) is 1.98. The van der Waals surface area contributed by atoms with E-state index in [0.717, 1.165) is 0 Å². The van der Waals surface area contributed by atoms with Crippen LogP contribution in [0.4, 0.5) is 0 Å². The molecule has 0 bridgehead atoms. The maximum absolute atomic E-state index is 11.5. The molecule has 1 atom stereocenters. The highest BCUT2D eigenvalue weighted by Gasteiger charge is 2.52. The molecule has 0 aliphatic carbocycles. The maximum Gasteiger partial charge on any atom is 0.520 e. The van der Waals surface area contributed by atoms with E-state index in [2.05, 4.69) is 11.7 Å². The molecule has 0 saturated carbocycles. The SMILES string of the molecule is CCO[Si](OCC)(OCC)C(C)S(=O)(=O)S. The lowest BCUT2D eigenvalue weighted by atomic mass is 10.9. The van der Waals surface area contributed by atoms with E-state index < -0.39 is 22.5 Å². The smallest absolute Gasteiger partial charge is 0.373 e. The summed E-state index contributed by atoms with van der Waals surface area (Å²) in [5.41, 5.74) is 0. The van der Waals surface area contributed by atoms with Crippen LogP contribution in [0.1, 0.15) is 27.7 Å². The van der Waals surface area contributed by atoms with Gasteiger partial charge in [0.2, 0.25) is 8.87 Å². The van der Waals surface area contributed by atoms with Gasteiger partial charge in [0.1, 0.15) is 4.87 Å². The largest absolute Gasteiger partial charge is 0.520 e. The Morgan fingerprint density at radius 2 is 1.38 bits per heavy atom. The Balaban J connectivity index is 5.14. The monoisotopic (exact) mass is 288 g/mol. The second-order valence-corrected chi connectivity index (χ2v) is 9.68. The quantitative estimate of drug-likeness (QED) is 0.413. The highest BCUT2D eigenvalue weighted by Crippen LogP contribution is 2.23. The third kappa shape index (κ3) is 4.34. The first-order valence-corrected chi connectivity index (χ1v) is 9.62. The van der Waals surface area contributed by atoms with Crippen LogP contribution in [-0.4, -0.2) is 41.9 Å². The zero-order valence-electron chi connectivity index (χ0n) is 10.1. The summed E-state index contributed by atoms with van der Waals surface area (Å²) in [5.74, 6) is 0. The van der Waals surface area contributed by atoms with E-state index in [4.69, 9.17) is 13.3 Å². The van der Waals surface area contributed by atoms with E-state index in [9.17, 15) is 8.42 Å². The Hall–Kier alpha value is 0.397. The Labute approximate surface area is 104 Å². The second-order valence-electron chi connectivity index (χ2n) is 3.06. The lowest BCUT2D eigenvalue weighted by Crippen LogP contribution is -2.57. The average molecular weight is 288 g/mol. The van der Waals surface area contributed by atoms with E-state index in [1.807, 2.05) is 0 Å². The van der Waals surface area contributed by atoms with Crippen molar-refractivity contribution >= 4 is 29.3 Å². The molecule has 0 heterocycles. The van der Waals surface area contributed by atoms with E-state index >= 15 is 0 Å². The van der Waals surface area contributed by atoms with Gasteiger partial charge in [-0.3, -0.25) is 0 Å². The van der Waals surface area contributed by atoms with Crippen LogP contribution in [0.3, 0.4) is 0 Å². The second kappa shape index (κ2) is 6.97. The fraction of sp³-hybridized carbons (Fsp3) is 1.00. The average Bonchev–Trinajstić information content (AvgIpc) is 2.16. The van der Waals surface area contributed by atoms with Crippen molar-refractivity contribution in [2.75, 3.05) is 19.8 Å². The standard InChI is InChI=1S/C8H20O5S2Si/c1-5-11-16(12-6-2,13-7-3)8(4)15(9,10)14/h8H,5-7H2,1-4H3,(H,9,10,14). The minimum atomic E-state index is -3.55. The predicted molar refractivity (Wildman–Crippen MR) is 68.0 cm³/mol. The van der Waals surface area contributed by atoms with Crippen molar-refractivity contribution < 1.29 is 21.7 Å². The third-order valence-corrected chi connectivity index (χ3v) is 9.28. The fourth-order valence-electron chi connectivity index (χ4n) is 1.26. The van der Waals surface area contributed by atoms with Gasteiger partial charge < -0.3 is 13.3 Å². The zero-order valence-corrected chi connectivity index (χ0v) is 12.8. The molecule has 0 aromatic rings. The minimum absolute atomic E-state index is 0.347. The van der Waals surface area contributed by atoms with Crippen molar-refractivity contribution in [3.05, 3.63) is 0 Å². The maximum atomic E-state index is 11.5. The summed E-state index contributed by atoms with van der Waals surface area (Å²) >= 11 is 3.59. The van der Waals surface area contributed by atoms with Crippen molar-refractivity contribution in [2.24, 2.45) is 0 Å². The number of hydrogen-bond acceptors (Lipinski definition) is 5. The Bertz CT molecular complexity index is 276. The van der Waals surface area contributed by atoms with Gasteiger partial charge in [-0.15, -0.1) is 0 Å². The van der Waals surface area contributed by atoms with Gasteiger partial charge in [-0.25, -0.2) is 8.42 Å². The van der Waals surface area contributed by atoms with Crippen molar-refractivity contribution in [3.63, 3.8) is 0 Å². The van der Waals surface area contributed by atoms with Crippen LogP contribution >= 0.6 is 11.7 Å². The molecule has 0 aromatic carbocycles. The van der Waals surface area contributed by atoms with Gasteiger partial charge in [-0.05, 0) is 39.4 Å². The lowest BCUT2D eigenvalue weighted by Gasteiger charge is -2.31. The van der Waals surface area contributed by atoms with Crippen molar-refractivity contribution in [2.45, 2.75) is 32.6 Å². The van der Waals surface area contributed by atoms with E-state index in [1.165, 1.54) is 6.92 Å². The van der Waals surface area contributed by atoms with E-state index in [-0.39, 0.29) is 0 Å². The first-order chi connectivity index (χ1) is 7.34. The summed E-state index contributed by atoms with van der Waals surface area (Å²) in [6.45, 7) is 7.88. The molecule has 0 aliphatic rings. The first kappa shape index (κ1) is 16.4. The number of rotatable bonds is 8. The molecule has 5 nitrogen and oxygen atoms in total. The van der Waals surface area contributed by atoms with E-state index in [1.54, 1.807) is 20.8 Å². The summed E-state index contributed by atoms with van der Waals surface area (Å²) in [5, 5.41) is 0. The Morgan fingerprint density at radius 1 is 1.06 bits per heavy atom. The van der Waals surface area contributed by atoms with Crippen LogP contribution in [0.5, 0.6) is 0 Å². The molecule has 0 rings (SSSR count). The summed E-state index contributed by atoms with van der Waals surface area (Å²) in [4.78, 5) is -0.872. The molecule has 98 valence electrons. The topological polar surface area (TPSA) is 61.8 Å². The number of hydrogen-bond donors (Lipinski definition) is 1. The minimum Gasteiger partial charge on any atom is -0.373 e. The summed E-state index contributed by atoms with van der Waals surface area (Å²) in [7, 11) is -6.74. The highest BCUT2D eigenvalue weighted by molar-refractivity contribution is 8.64. The van der Waals surface area contributed by atoms with Gasteiger partial charge >= 0.3 is 8.80 Å². The molecule has 0 saturated heterocycles. The normalized spacial score (nSPS) is 15.1.